The first kappa shape index (κ1) is 14.5. The van der Waals surface area contributed by atoms with Gasteiger partial charge in [-0.25, -0.2) is 4.98 Å². The van der Waals surface area contributed by atoms with Gasteiger partial charge in [-0.2, -0.15) is 0 Å². The number of aliphatic imine (C=N–C) groups is 1. The fraction of sp³-hybridized carbons (Fsp3) is 0.333. The maximum atomic E-state index is 5.99. The van der Waals surface area contributed by atoms with E-state index < -0.39 is 9.04 Å². The highest BCUT2D eigenvalue weighted by Crippen LogP contribution is 2.31. The van der Waals surface area contributed by atoms with Gasteiger partial charge in [0, 0.05) is 18.6 Å². The lowest BCUT2D eigenvalue weighted by atomic mass is 10.2. The third-order valence-corrected chi connectivity index (χ3v) is 3.68. The fourth-order valence-electron chi connectivity index (χ4n) is 1.95. The van der Waals surface area contributed by atoms with Crippen LogP contribution in [-0.2, 0) is 6.54 Å². The topological polar surface area (TPSA) is 39.4 Å². The molecule has 2 rings (SSSR count). The minimum absolute atomic E-state index is 0.721. The summed E-state index contributed by atoms with van der Waals surface area (Å²) in [5.41, 5.74) is 2.05. The summed E-state index contributed by atoms with van der Waals surface area (Å²) < 4.78 is 8.05. The van der Waals surface area contributed by atoms with Crippen molar-refractivity contribution in [1.29, 1.82) is 0 Å². The number of para-hydroxylation sites is 1. The molecule has 0 fully saturated rings. The number of hydrogen-bond donors (Lipinski definition) is 0. The maximum absolute atomic E-state index is 5.99. The van der Waals surface area contributed by atoms with Crippen molar-refractivity contribution >= 4 is 20.9 Å². The van der Waals surface area contributed by atoms with Crippen LogP contribution in [0.4, 0.5) is 5.69 Å². The molecule has 0 aliphatic rings. The van der Waals surface area contributed by atoms with Gasteiger partial charge in [0.1, 0.15) is 17.3 Å². The van der Waals surface area contributed by atoms with Crippen molar-refractivity contribution in [2.45, 2.75) is 33.5 Å². The van der Waals surface area contributed by atoms with Gasteiger partial charge in [0.05, 0.1) is 6.54 Å². The first-order valence-corrected chi connectivity index (χ1v) is 9.62. The number of benzene rings is 1. The van der Waals surface area contributed by atoms with Crippen LogP contribution in [0.2, 0.25) is 13.1 Å². The van der Waals surface area contributed by atoms with E-state index >= 15 is 0 Å². The van der Waals surface area contributed by atoms with Crippen LogP contribution in [0.5, 0.6) is 5.75 Å². The van der Waals surface area contributed by atoms with E-state index in [2.05, 4.69) is 40.6 Å². The van der Waals surface area contributed by atoms with Crippen LogP contribution in [-0.4, -0.2) is 24.8 Å². The molecule has 106 valence electrons. The summed E-state index contributed by atoms with van der Waals surface area (Å²) in [6, 6.07) is 6.07. The van der Waals surface area contributed by atoms with Gasteiger partial charge in [0.2, 0.25) is 9.04 Å². The first-order chi connectivity index (χ1) is 9.58. The van der Waals surface area contributed by atoms with E-state index in [-0.39, 0.29) is 0 Å². The number of aromatic nitrogens is 2. The number of rotatable bonds is 5. The van der Waals surface area contributed by atoms with Crippen molar-refractivity contribution in [2.75, 3.05) is 0 Å². The minimum atomic E-state index is -1.13. The summed E-state index contributed by atoms with van der Waals surface area (Å²) in [5, 5.41) is 0. The lowest BCUT2D eigenvalue weighted by molar-refractivity contribution is 0.577. The molecule has 0 aliphatic carbocycles. The van der Waals surface area contributed by atoms with E-state index in [1.165, 1.54) is 0 Å². The van der Waals surface area contributed by atoms with E-state index in [9.17, 15) is 0 Å². The molecule has 0 saturated carbocycles. The SMILES string of the molecule is Cc1cccc(N=CCn2ccnc2C)c1O[SiH](C)C. The standard InChI is InChI=1S/C15H21N3OSi/c1-12-6-5-7-14(15(12)19-20(3)4)17-9-11-18-10-8-16-13(18)2/h5-10,20H,11H2,1-4H3. The minimum Gasteiger partial charge on any atom is -0.545 e. The molecule has 20 heavy (non-hydrogen) atoms. The van der Waals surface area contributed by atoms with E-state index in [1.807, 2.05) is 31.5 Å². The second-order valence-electron chi connectivity index (χ2n) is 5.03. The molecule has 0 aliphatic heterocycles. The Hall–Kier alpha value is -1.88. The van der Waals surface area contributed by atoms with Crippen LogP contribution >= 0.6 is 0 Å². The monoisotopic (exact) mass is 287 g/mol. The number of nitrogens with zero attached hydrogens (tertiary/aromatic N) is 3. The number of imidazole rings is 1. The average Bonchev–Trinajstić information content (AvgIpc) is 2.79. The van der Waals surface area contributed by atoms with Crippen molar-refractivity contribution in [1.82, 2.24) is 9.55 Å². The summed E-state index contributed by atoms with van der Waals surface area (Å²) >= 11 is 0. The van der Waals surface area contributed by atoms with E-state index in [1.54, 1.807) is 6.20 Å². The van der Waals surface area contributed by atoms with Gasteiger partial charge in [-0.05, 0) is 38.6 Å². The highest BCUT2D eigenvalue weighted by molar-refractivity contribution is 6.49. The van der Waals surface area contributed by atoms with Crippen LogP contribution in [0.25, 0.3) is 0 Å². The lowest BCUT2D eigenvalue weighted by Crippen LogP contribution is -2.12. The maximum Gasteiger partial charge on any atom is 0.229 e. The molecule has 0 radical (unpaired) electrons. The van der Waals surface area contributed by atoms with Crippen LogP contribution in [0.15, 0.2) is 35.6 Å². The molecule has 1 heterocycles. The van der Waals surface area contributed by atoms with Gasteiger partial charge in [-0.15, -0.1) is 0 Å². The molecule has 2 aromatic rings. The Morgan fingerprint density at radius 1 is 1.35 bits per heavy atom. The predicted octanol–water partition coefficient (Wildman–Crippen LogP) is 3.26. The summed E-state index contributed by atoms with van der Waals surface area (Å²) in [5.74, 6) is 1.92. The molecular formula is C15H21N3OSi. The Bertz CT molecular complexity index is 605. The van der Waals surface area contributed by atoms with Crippen LogP contribution < -0.4 is 4.43 Å². The molecule has 5 heteroatoms. The molecule has 0 N–H and O–H groups in total. The second-order valence-corrected chi connectivity index (χ2v) is 7.36. The average molecular weight is 287 g/mol. The van der Waals surface area contributed by atoms with Crippen LogP contribution in [0.3, 0.4) is 0 Å². The van der Waals surface area contributed by atoms with Crippen molar-refractivity contribution < 1.29 is 4.43 Å². The quantitative estimate of drug-likeness (QED) is 0.625. The molecule has 0 spiro atoms. The van der Waals surface area contributed by atoms with Crippen LogP contribution in [0, 0.1) is 13.8 Å². The van der Waals surface area contributed by atoms with Gasteiger partial charge in [-0.3, -0.25) is 4.99 Å². The summed E-state index contributed by atoms with van der Waals surface area (Å²) in [6.07, 6.45) is 5.66. The molecule has 1 aromatic carbocycles. The zero-order chi connectivity index (χ0) is 14.5. The predicted molar refractivity (Wildman–Crippen MR) is 85.8 cm³/mol. The Morgan fingerprint density at radius 2 is 2.15 bits per heavy atom. The van der Waals surface area contributed by atoms with Crippen molar-refractivity contribution in [3.63, 3.8) is 0 Å². The molecule has 0 bridgehead atoms. The highest BCUT2D eigenvalue weighted by atomic mass is 28.3. The molecule has 4 nitrogen and oxygen atoms in total. The van der Waals surface area contributed by atoms with Gasteiger partial charge in [0.25, 0.3) is 0 Å². The van der Waals surface area contributed by atoms with E-state index in [0.29, 0.717) is 0 Å². The largest absolute Gasteiger partial charge is 0.545 e. The summed E-state index contributed by atoms with van der Waals surface area (Å²) in [4.78, 5) is 8.76. The normalized spacial score (nSPS) is 11.4. The fourth-order valence-corrected chi connectivity index (χ4v) is 2.73. The molecule has 0 unspecified atom stereocenters. The molecule has 0 saturated heterocycles. The Kier molecular flexibility index (Phi) is 4.73. The van der Waals surface area contributed by atoms with E-state index in [0.717, 1.165) is 29.4 Å². The second kappa shape index (κ2) is 6.52. The summed E-state index contributed by atoms with van der Waals surface area (Å²) in [7, 11) is -1.13. The molecule has 1 aromatic heterocycles. The number of hydrogen-bond acceptors (Lipinski definition) is 3. The Labute approximate surface area is 121 Å². The van der Waals surface area contributed by atoms with Gasteiger partial charge in [0.15, 0.2) is 0 Å². The van der Waals surface area contributed by atoms with Crippen molar-refractivity contribution in [3.05, 3.63) is 42.0 Å². The zero-order valence-electron chi connectivity index (χ0n) is 12.5. The first-order valence-electron chi connectivity index (χ1n) is 6.84. The zero-order valence-corrected chi connectivity index (χ0v) is 13.7. The summed E-state index contributed by atoms with van der Waals surface area (Å²) in [6.45, 7) is 9.09. The van der Waals surface area contributed by atoms with Gasteiger partial charge in [-0.1, -0.05) is 12.1 Å². The number of aryl methyl sites for hydroxylation is 2. The molecule has 0 amide bonds. The van der Waals surface area contributed by atoms with Crippen molar-refractivity contribution in [3.8, 4) is 5.75 Å². The van der Waals surface area contributed by atoms with Gasteiger partial charge < -0.3 is 8.99 Å². The van der Waals surface area contributed by atoms with E-state index in [4.69, 9.17) is 4.43 Å². The smallest absolute Gasteiger partial charge is 0.229 e. The highest BCUT2D eigenvalue weighted by Gasteiger charge is 2.07. The Balaban J connectivity index is 2.16. The third kappa shape index (κ3) is 3.57. The van der Waals surface area contributed by atoms with Crippen molar-refractivity contribution in [2.24, 2.45) is 4.99 Å². The van der Waals surface area contributed by atoms with Gasteiger partial charge >= 0.3 is 0 Å². The van der Waals surface area contributed by atoms with Crippen LogP contribution in [0.1, 0.15) is 11.4 Å². The molecular weight excluding hydrogens is 266 g/mol. The lowest BCUT2D eigenvalue weighted by Gasteiger charge is -2.14. The third-order valence-electron chi connectivity index (χ3n) is 2.98. The Morgan fingerprint density at radius 3 is 2.80 bits per heavy atom. The molecule has 0 atom stereocenters.